The normalized spacial score (nSPS) is 14.0. The number of allylic oxidation sites excluding steroid dienone is 1. The van der Waals surface area contributed by atoms with Gasteiger partial charge in [-0.25, -0.2) is 15.0 Å². The first kappa shape index (κ1) is 40.3. The van der Waals surface area contributed by atoms with E-state index in [9.17, 15) is 0 Å². The Labute approximate surface area is 414 Å². The number of hydrogen-bond acceptors (Lipinski definition) is 4. The molecule has 0 saturated carbocycles. The minimum atomic E-state index is -0.498. The molecule has 6 heteroatoms. The number of para-hydroxylation sites is 2. The Morgan fingerprint density at radius 3 is 1.43 bits per heavy atom. The summed E-state index contributed by atoms with van der Waals surface area (Å²) >= 11 is 0. The minimum Gasteiger partial charge on any atom is -0.346 e. The summed E-state index contributed by atoms with van der Waals surface area (Å²) in [5.41, 5.74) is 12.0. The van der Waals surface area contributed by atoms with Crippen LogP contribution in [0, 0.1) is 0 Å². The molecular formula is C66H42N6. The number of nitrogens with zero attached hydrogens (tertiary/aromatic N) is 5. The third-order valence-electron chi connectivity index (χ3n) is 14.7. The van der Waals surface area contributed by atoms with Gasteiger partial charge in [-0.15, -0.1) is 0 Å². The number of aliphatic imine (C=N–C) groups is 1. The average Bonchev–Trinajstić information content (AvgIpc) is 3.97. The molecule has 1 aliphatic rings. The van der Waals surface area contributed by atoms with Crippen molar-refractivity contribution in [1.29, 1.82) is 0 Å². The number of benzene rings is 11. The predicted molar refractivity (Wildman–Crippen MR) is 300 cm³/mol. The lowest BCUT2D eigenvalue weighted by Gasteiger charge is -2.27. The van der Waals surface area contributed by atoms with Crippen molar-refractivity contribution in [1.82, 2.24) is 24.4 Å². The van der Waals surface area contributed by atoms with Crippen molar-refractivity contribution in [3.8, 4) is 28.5 Å². The van der Waals surface area contributed by atoms with E-state index in [1.807, 2.05) is 0 Å². The van der Waals surface area contributed by atoms with Crippen LogP contribution in [0.5, 0.6) is 0 Å². The van der Waals surface area contributed by atoms with E-state index in [1.54, 1.807) is 0 Å². The van der Waals surface area contributed by atoms with Crippen LogP contribution in [-0.4, -0.2) is 24.8 Å². The molecule has 0 radical (unpaired) electrons. The van der Waals surface area contributed by atoms with Crippen molar-refractivity contribution in [2.24, 2.45) is 4.99 Å². The van der Waals surface area contributed by atoms with Crippen molar-refractivity contribution >= 4 is 98.1 Å². The zero-order chi connectivity index (χ0) is 47.3. The number of nitrogens with one attached hydrogen (secondary N) is 1. The SMILES string of the molecule is C1=C(c2ccc3ccccc3c2)NC(n2c3ccccc3c3c4c(ccc32)c2ccccc2n4-c2nc(-c3ccc4ccccc4c3)cc(-c3ccc4ccccc4c3)n2)N=C1c1ccc2ccccc2c1. The van der Waals surface area contributed by atoms with Crippen LogP contribution >= 0.6 is 0 Å². The zero-order valence-electron chi connectivity index (χ0n) is 38.9. The second kappa shape index (κ2) is 16.0. The lowest BCUT2D eigenvalue weighted by molar-refractivity contribution is 0.508. The van der Waals surface area contributed by atoms with Crippen LogP contribution < -0.4 is 5.32 Å². The fraction of sp³-hybridized carbons (Fsp3) is 0.0152. The van der Waals surface area contributed by atoms with Crippen molar-refractivity contribution in [2.45, 2.75) is 6.29 Å². The van der Waals surface area contributed by atoms with Crippen LogP contribution in [0.15, 0.2) is 248 Å². The van der Waals surface area contributed by atoms with E-state index in [0.29, 0.717) is 5.95 Å². The average molecular weight is 919 g/mol. The van der Waals surface area contributed by atoms with E-state index in [2.05, 4.69) is 257 Å². The molecule has 336 valence electrons. The highest BCUT2D eigenvalue weighted by atomic mass is 15.3. The van der Waals surface area contributed by atoms with E-state index < -0.39 is 6.29 Å². The van der Waals surface area contributed by atoms with Gasteiger partial charge in [0.1, 0.15) is 0 Å². The van der Waals surface area contributed by atoms with Crippen LogP contribution in [0.2, 0.25) is 0 Å². The summed E-state index contributed by atoms with van der Waals surface area (Å²) in [6, 6.07) is 84.8. The molecule has 14 aromatic rings. The van der Waals surface area contributed by atoms with E-state index in [4.69, 9.17) is 15.0 Å². The fourth-order valence-corrected chi connectivity index (χ4v) is 11.2. The summed E-state index contributed by atoms with van der Waals surface area (Å²) in [7, 11) is 0. The molecule has 3 aromatic heterocycles. The molecule has 0 saturated heterocycles. The molecule has 0 bridgehead atoms. The van der Waals surface area contributed by atoms with E-state index in [1.165, 1.54) is 32.3 Å². The van der Waals surface area contributed by atoms with Crippen LogP contribution in [0.4, 0.5) is 0 Å². The quantitative estimate of drug-likeness (QED) is 0.181. The van der Waals surface area contributed by atoms with Crippen LogP contribution in [0.25, 0.3) is 121 Å². The Morgan fingerprint density at radius 1 is 0.361 bits per heavy atom. The first-order valence-electron chi connectivity index (χ1n) is 24.5. The van der Waals surface area contributed by atoms with Gasteiger partial charge < -0.3 is 9.88 Å². The zero-order valence-corrected chi connectivity index (χ0v) is 38.9. The van der Waals surface area contributed by atoms with Crippen molar-refractivity contribution < 1.29 is 0 Å². The third-order valence-corrected chi connectivity index (χ3v) is 14.7. The lowest BCUT2D eigenvalue weighted by atomic mass is 10.00. The highest BCUT2D eigenvalue weighted by Crippen LogP contribution is 2.43. The monoisotopic (exact) mass is 918 g/mol. The van der Waals surface area contributed by atoms with Gasteiger partial charge in [-0.3, -0.25) is 4.57 Å². The third kappa shape index (κ3) is 6.46. The number of aromatic nitrogens is 4. The molecule has 15 rings (SSSR count). The van der Waals surface area contributed by atoms with Gasteiger partial charge in [-0.2, -0.15) is 0 Å². The highest BCUT2D eigenvalue weighted by Gasteiger charge is 2.27. The Morgan fingerprint density at radius 2 is 0.833 bits per heavy atom. The van der Waals surface area contributed by atoms with Gasteiger partial charge in [0.2, 0.25) is 12.2 Å². The summed E-state index contributed by atoms with van der Waals surface area (Å²) in [6.07, 6.45) is 1.71. The number of rotatable bonds is 6. The summed E-state index contributed by atoms with van der Waals surface area (Å²) in [5, 5.41) is 17.9. The van der Waals surface area contributed by atoms with E-state index >= 15 is 0 Å². The Kier molecular flexibility index (Phi) is 8.92. The first-order valence-corrected chi connectivity index (χ1v) is 24.5. The Bertz CT molecular complexity index is 4530. The molecule has 0 aliphatic carbocycles. The summed E-state index contributed by atoms with van der Waals surface area (Å²) in [6.45, 7) is 0. The lowest BCUT2D eigenvalue weighted by Crippen LogP contribution is -2.29. The molecule has 1 unspecified atom stereocenters. The maximum atomic E-state index is 5.64. The van der Waals surface area contributed by atoms with Gasteiger partial charge in [0.25, 0.3) is 0 Å². The van der Waals surface area contributed by atoms with Crippen molar-refractivity contribution in [2.75, 3.05) is 0 Å². The molecule has 4 heterocycles. The van der Waals surface area contributed by atoms with Crippen LogP contribution in [-0.2, 0) is 0 Å². The van der Waals surface area contributed by atoms with Crippen molar-refractivity contribution in [3.63, 3.8) is 0 Å². The minimum absolute atomic E-state index is 0.498. The maximum absolute atomic E-state index is 5.64. The molecular weight excluding hydrogens is 877 g/mol. The summed E-state index contributed by atoms with van der Waals surface area (Å²) in [5.74, 6) is 0.605. The predicted octanol–water partition coefficient (Wildman–Crippen LogP) is 16.2. The number of hydrogen-bond donors (Lipinski definition) is 1. The second-order valence-electron chi connectivity index (χ2n) is 18.9. The van der Waals surface area contributed by atoms with Gasteiger partial charge in [0, 0.05) is 43.9 Å². The molecule has 0 amide bonds. The van der Waals surface area contributed by atoms with Crippen LogP contribution in [0.1, 0.15) is 17.4 Å². The Hall–Kier alpha value is -9.65. The molecule has 72 heavy (non-hydrogen) atoms. The van der Waals surface area contributed by atoms with Gasteiger partial charge in [-0.1, -0.05) is 188 Å². The first-order chi connectivity index (χ1) is 35.6. The Balaban J connectivity index is 0.987. The van der Waals surface area contributed by atoms with Crippen molar-refractivity contribution in [3.05, 3.63) is 254 Å². The molecule has 1 aliphatic heterocycles. The molecule has 0 fully saturated rings. The van der Waals surface area contributed by atoms with Gasteiger partial charge in [0.15, 0.2) is 0 Å². The smallest absolute Gasteiger partial charge is 0.235 e. The molecule has 1 N–H and O–H groups in total. The highest BCUT2D eigenvalue weighted by molar-refractivity contribution is 6.26. The fourth-order valence-electron chi connectivity index (χ4n) is 11.2. The number of fused-ring (bicyclic) bond motifs is 11. The van der Waals surface area contributed by atoms with Gasteiger partial charge >= 0.3 is 0 Å². The van der Waals surface area contributed by atoms with E-state index in [0.717, 1.165) is 99.4 Å². The maximum Gasteiger partial charge on any atom is 0.235 e. The van der Waals surface area contributed by atoms with Gasteiger partial charge in [0.05, 0.1) is 39.2 Å². The van der Waals surface area contributed by atoms with Crippen LogP contribution in [0.3, 0.4) is 0 Å². The van der Waals surface area contributed by atoms with Gasteiger partial charge in [-0.05, 0) is 103 Å². The topological polar surface area (TPSA) is 60.0 Å². The summed E-state index contributed by atoms with van der Waals surface area (Å²) < 4.78 is 4.69. The molecule has 1 atom stereocenters. The molecule has 6 nitrogen and oxygen atoms in total. The standard InChI is InChI=1S/C66H42N6/c1-5-17-45-35-49(29-25-41(45)13-1)56-39-57(50-30-26-42-14-2-6-18-46(42)36-50)68-65(67-56)71-61-24-12-10-22-55(61)63-62(71)34-33-54-53-21-9-11-23-60(53)72(64(54)63)66-69-58(51-31-27-43-15-3-7-19-47(43)37-51)40-59(70-66)52-32-28-44-16-4-8-20-48(44)38-52/h1-40,65,67H. The molecule has 11 aromatic carbocycles. The second-order valence-corrected chi connectivity index (χ2v) is 18.9. The molecule has 0 spiro atoms. The largest absolute Gasteiger partial charge is 0.346 e. The summed E-state index contributed by atoms with van der Waals surface area (Å²) in [4.78, 5) is 16.8. The van der Waals surface area contributed by atoms with E-state index in [-0.39, 0.29) is 0 Å².